The largest absolute Gasteiger partial charge is 0.492 e. The number of morpholine rings is 1. The fraction of sp³-hybridized carbons (Fsp3) is 0.303. The zero-order valence-corrected chi connectivity index (χ0v) is 24.1. The van der Waals surface area contributed by atoms with Crippen molar-refractivity contribution in [2.24, 2.45) is 0 Å². The lowest BCUT2D eigenvalue weighted by molar-refractivity contribution is -0.192. The third kappa shape index (κ3) is 6.43. The lowest BCUT2D eigenvalue weighted by Gasteiger charge is -2.26. The number of carboxylic acid groups (broad SMARTS) is 1. The molecule has 1 amide bonds. The number of rotatable bonds is 7. The minimum absolute atomic E-state index is 0.116. The van der Waals surface area contributed by atoms with Gasteiger partial charge in [-0.2, -0.15) is 18.3 Å². The fourth-order valence-corrected chi connectivity index (χ4v) is 5.92. The molecule has 3 aromatic carbocycles. The Morgan fingerprint density at radius 1 is 1.09 bits per heavy atom. The topological polar surface area (TPSA) is 117 Å². The first-order valence-corrected chi connectivity index (χ1v) is 14.6. The standard InChI is InChI=1S/C31H30N4O3.C2HF3O2/c36-30-31(25-3-1-2-4-28(25)32-30)20-26(31)22-8-11-24-27(33-34-29(24)19-22)12-7-21-5-9-23(10-6-21)38-18-15-35-13-16-37-17-14-35;3-2(4,5)1(6)7/h1-12,19,26H,13-18,20H2,(H,32,36)(H,33,34);(H,6,7)/b12-7+;/t26-,31-;/m0./s1. The number of carbonyl (C=O) groups excluding carboxylic acids is 1. The van der Waals surface area contributed by atoms with Gasteiger partial charge >= 0.3 is 12.1 Å². The van der Waals surface area contributed by atoms with Crippen molar-refractivity contribution in [1.29, 1.82) is 0 Å². The van der Waals surface area contributed by atoms with Crippen LogP contribution in [0.25, 0.3) is 23.1 Å². The summed E-state index contributed by atoms with van der Waals surface area (Å²) < 4.78 is 43.0. The molecule has 1 spiro atoms. The van der Waals surface area contributed by atoms with Crippen molar-refractivity contribution < 1.29 is 37.3 Å². The highest BCUT2D eigenvalue weighted by Gasteiger charge is 2.65. The van der Waals surface area contributed by atoms with Gasteiger partial charge < -0.3 is 19.9 Å². The number of para-hydroxylation sites is 1. The molecule has 12 heteroatoms. The van der Waals surface area contributed by atoms with Crippen molar-refractivity contribution in [3.8, 4) is 5.75 Å². The van der Waals surface area contributed by atoms with Crippen LogP contribution in [-0.2, 0) is 19.7 Å². The molecule has 1 saturated heterocycles. The maximum absolute atomic E-state index is 12.9. The number of halogens is 3. The minimum atomic E-state index is -5.08. The summed E-state index contributed by atoms with van der Waals surface area (Å²) in [6, 6.07) is 22.6. The van der Waals surface area contributed by atoms with E-state index in [4.69, 9.17) is 19.4 Å². The van der Waals surface area contributed by atoms with Gasteiger partial charge in [-0.3, -0.25) is 14.8 Å². The molecule has 4 aromatic rings. The average Bonchev–Trinajstić information content (AvgIpc) is 3.57. The van der Waals surface area contributed by atoms with Crippen LogP contribution in [0, 0.1) is 0 Å². The van der Waals surface area contributed by atoms with Crippen LogP contribution in [0.1, 0.15) is 34.7 Å². The second-order valence-corrected chi connectivity index (χ2v) is 11.1. The van der Waals surface area contributed by atoms with Gasteiger partial charge in [0.2, 0.25) is 5.91 Å². The molecule has 1 aliphatic carbocycles. The number of hydrogen-bond acceptors (Lipinski definition) is 6. The molecular formula is C33H31F3N4O5. The number of aromatic amines is 1. The molecule has 2 atom stereocenters. The van der Waals surface area contributed by atoms with Crippen LogP contribution in [0.15, 0.2) is 66.7 Å². The molecule has 45 heavy (non-hydrogen) atoms. The first kappa shape index (κ1) is 30.4. The summed E-state index contributed by atoms with van der Waals surface area (Å²) in [5, 5.41) is 19.0. The molecule has 7 rings (SSSR count). The highest BCUT2D eigenvalue weighted by Crippen LogP contribution is 2.65. The molecule has 0 radical (unpaired) electrons. The predicted molar refractivity (Wildman–Crippen MR) is 162 cm³/mol. The molecule has 0 bridgehead atoms. The summed E-state index contributed by atoms with van der Waals surface area (Å²) in [6.07, 6.45) is -0.141. The van der Waals surface area contributed by atoms with Gasteiger partial charge in [0, 0.05) is 36.6 Å². The molecule has 9 nitrogen and oxygen atoms in total. The molecule has 3 N–H and O–H groups in total. The Balaban J connectivity index is 0.000000460. The molecular weight excluding hydrogens is 589 g/mol. The maximum atomic E-state index is 12.9. The number of nitrogens with one attached hydrogen (secondary N) is 2. The van der Waals surface area contributed by atoms with Gasteiger partial charge in [0.1, 0.15) is 12.4 Å². The van der Waals surface area contributed by atoms with Crippen LogP contribution >= 0.6 is 0 Å². The van der Waals surface area contributed by atoms with Crippen LogP contribution < -0.4 is 10.1 Å². The van der Waals surface area contributed by atoms with Gasteiger partial charge in [0.15, 0.2) is 0 Å². The molecule has 234 valence electrons. The first-order chi connectivity index (χ1) is 21.6. The van der Waals surface area contributed by atoms with Crippen molar-refractivity contribution in [2.45, 2.75) is 23.9 Å². The van der Waals surface area contributed by atoms with Crippen LogP contribution in [0.2, 0.25) is 0 Å². The normalized spacial score (nSPS) is 21.0. The van der Waals surface area contributed by atoms with Gasteiger partial charge in [0.05, 0.1) is 29.8 Å². The number of nitrogens with zero attached hydrogens (tertiary/aromatic N) is 2. The van der Waals surface area contributed by atoms with E-state index >= 15 is 0 Å². The average molecular weight is 621 g/mol. The summed E-state index contributed by atoms with van der Waals surface area (Å²) in [5.74, 6) is -1.57. The highest BCUT2D eigenvalue weighted by molar-refractivity contribution is 6.09. The lowest BCUT2D eigenvalue weighted by atomic mass is 9.92. The summed E-state index contributed by atoms with van der Waals surface area (Å²) in [4.78, 5) is 24.1. The zero-order valence-electron chi connectivity index (χ0n) is 24.1. The number of anilines is 1. The smallest absolute Gasteiger partial charge is 0.490 e. The molecule has 1 saturated carbocycles. The molecule has 3 aliphatic rings. The number of carbonyl (C=O) groups is 2. The predicted octanol–water partition coefficient (Wildman–Crippen LogP) is 5.46. The number of fused-ring (bicyclic) bond motifs is 3. The van der Waals surface area contributed by atoms with Crippen molar-refractivity contribution in [2.75, 3.05) is 44.8 Å². The SMILES string of the molecule is O=C(O)C(F)(F)F.O=C1Nc2ccccc2[C@]12C[C@H]2c1ccc2c(/C=C/c3ccc(OCCN4CCOCC4)cc3)n[nH]c2c1. The quantitative estimate of drug-likeness (QED) is 0.252. The number of aromatic nitrogens is 2. The van der Waals surface area contributed by atoms with E-state index in [9.17, 15) is 18.0 Å². The van der Waals surface area contributed by atoms with E-state index in [-0.39, 0.29) is 11.8 Å². The van der Waals surface area contributed by atoms with Gasteiger partial charge in [-0.1, -0.05) is 48.5 Å². The van der Waals surface area contributed by atoms with E-state index < -0.39 is 17.6 Å². The van der Waals surface area contributed by atoms with E-state index in [1.165, 1.54) is 5.56 Å². The Kier molecular flexibility index (Phi) is 8.34. The van der Waals surface area contributed by atoms with Gasteiger partial charge in [-0.25, -0.2) is 4.79 Å². The third-order valence-electron chi connectivity index (χ3n) is 8.38. The van der Waals surface area contributed by atoms with Crippen molar-refractivity contribution in [1.82, 2.24) is 15.1 Å². The van der Waals surface area contributed by atoms with Crippen LogP contribution in [-0.4, -0.2) is 77.7 Å². The molecule has 1 aromatic heterocycles. The summed E-state index contributed by atoms with van der Waals surface area (Å²) in [5.41, 5.74) is 5.79. The van der Waals surface area contributed by atoms with Crippen molar-refractivity contribution >= 4 is 40.6 Å². The van der Waals surface area contributed by atoms with E-state index in [1.807, 2.05) is 36.4 Å². The molecule has 3 heterocycles. The van der Waals surface area contributed by atoms with E-state index in [0.717, 1.165) is 78.4 Å². The number of carboxylic acids is 1. The van der Waals surface area contributed by atoms with E-state index in [0.29, 0.717) is 6.61 Å². The Labute approximate surface area is 256 Å². The highest BCUT2D eigenvalue weighted by atomic mass is 19.4. The molecule has 2 fully saturated rings. The molecule has 2 aliphatic heterocycles. The van der Waals surface area contributed by atoms with E-state index in [1.54, 1.807) is 0 Å². The number of benzene rings is 3. The number of aliphatic carboxylic acids is 1. The summed E-state index contributed by atoms with van der Waals surface area (Å²) in [7, 11) is 0. The van der Waals surface area contributed by atoms with Crippen molar-refractivity contribution in [3.63, 3.8) is 0 Å². The Bertz CT molecular complexity index is 1730. The number of hydrogen-bond donors (Lipinski definition) is 3. The number of ether oxygens (including phenoxy) is 2. The summed E-state index contributed by atoms with van der Waals surface area (Å²) in [6.45, 7) is 5.16. The third-order valence-corrected chi connectivity index (χ3v) is 8.38. The van der Waals surface area contributed by atoms with Crippen LogP contribution in [0.4, 0.5) is 18.9 Å². The van der Waals surface area contributed by atoms with E-state index in [2.05, 4.69) is 62.9 Å². The Hall–Kier alpha value is -4.68. The monoisotopic (exact) mass is 620 g/mol. The Morgan fingerprint density at radius 2 is 1.82 bits per heavy atom. The van der Waals surface area contributed by atoms with Crippen molar-refractivity contribution in [3.05, 3.63) is 89.1 Å². The fourth-order valence-electron chi connectivity index (χ4n) is 5.92. The number of amides is 1. The first-order valence-electron chi connectivity index (χ1n) is 14.6. The van der Waals surface area contributed by atoms with Crippen LogP contribution in [0.5, 0.6) is 5.75 Å². The second kappa shape index (κ2) is 12.4. The number of alkyl halides is 3. The van der Waals surface area contributed by atoms with Crippen LogP contribution in [0.3, 0.4) is 0 Å². The second-order valence-electron chi connectivity index (χ2n) is 11.1. The van der Waals surface area contributed by atoms with Gasteiger partial charge in [0.25, 0.3) is 0 Å². The maximum Gasteiger partial charge on any atom is 0.490 e. The van der Waals surface area contributed by atoms with Gasteiger partial charge in [-0.05, 0) is 53.5 Å². The molecule has 0 unspecified atom stereocenters. The number of H-pyrrole nitrogens is 1. The summed E-state index contributed by atoms with van der Waals surface area (Å²) >= 11 is 0. The minimum Gasteiger partial charge on any atom is -0.492 e. The lowest BCUT2D eigenvalue weighted by Crippen LogP contribution is -2.38. The Morgan fingerprint density at radius 3 is 2.56 bits per heavy atom. The van der Waals surface area contributed by atoms with Gasteiger partial charge in [-0.15, -0.1) is 0 Å². The zero-order chi connectivity index (χ0) is 31.6.